The van der Waals surface area contributed by atoms with Crippen LogP contribution in [0.3, 0.4) is 0 Å². The molecule has 8 nitrogen and oxygen atoms in total. The third kappa shape index (κ3) is 2.93. The number of carbonyl (C=O) groups is 1. The molecule has 23 heavy (non-hydrogen) atoms. The largest absolute Gasteiger partial charge is 0.346 e. The predicted molar refractivity (Wildman–Crippen MR) is 83.9 cm³/mol. The minimum Gasteiger partial charge on any atom is -0.332 e. The van der Waals surface area contributed by atoms with Crippen LogP contribution in [0.4, 0.5) is 0 Å². The summed E-state index contributed by atoms with van der Waals surface area (Å²) in [6, 6.07) is 1.95. The van der Waals surface area contributed by atoms with Crippen molar-refractivity contribution in [3.05, 3.63) is 33.8 Å². The van der Waals surface area contributed by atoms with E-state index in [1.54, 1.807) is 14.1 Å². The minimum absolute atomic E-state index is 0.0000551. The molecule has 0 saturated carbocycles. The first-order valence-corrected chi connectivity index (χ1v) is 7.95. The third-order valence-electron chi connectivity index (χ3n) is 4.10. The van der Waals surface area contributed by atoms with E-state index in [1.807, 2.05) is 26.8 Å². The Hall–Kier alpha value is -2.38. The Labute approximate surface area is 134 Å². The van der Waals surface area contributed by atoms with E-state index in [2.05, 4.69) is 10.2 Å². The van der Waals surface area contributed by atoms with Crippen LogP contribution in [0.5, 0.6) is 0 Å². The van der Waals surface area contributed by atoms with Crippen molar-refractivity contribution >= 4 is 5.91 Å². The highest BCUT2D eigenvalue weighted by Gasteiger charge is 2.25. The summed E-state index contributed by atoms with van der Waals surface area (Å²) < 4.78 is 4.88. The van der Waals surface area contributed by atoms with Gasteiger partial charge < -0.3 is 4.90 Å². The molecule has 8 heteroatoms. The lowest BCUT2D eigenvalue weighted by Crippen LogP contribution is -2.42. The average molecular weight is 318 g/mol. The first-order valence-electron chi connectivity index (χ1n) is 7.95. The van der Waals surface area contributed by atoms with Crippen molar-refractivity contribution in [3.8, 4) is 0 Å². The van der Waals surface area contributed by atoms with E-state index in [-0.39, 0.29) is 18.1 Å². The Morgan fingerprint density at radius 3 is 2.65 bits per heavy atom. The summed E-state index contributed by atoms with van der Waals surface area (Å²) in [4.78, 5) is 26.4. The van der Waals surface area contributed by atoms with Crippen LogP contribution in [0.15, 0.2) is 10.9 Å². The molecule has 1 amide bonds. The van der Waals surface area contributed by atoms with Crippen LogP contribution in [0, 0.1) is 13.8 Å². The molecule has 2 aromatic heterocycles. The molecule has 0 aromatic carbocycles. The van der Waals surface area contributed by atoms with Crippen LogP contribution in [-0.4, -0.2) is 41.5 Å². The predicted octanol–water partition coefficient (Wildman–Crippen LogP) is 0.311. The van der Waals surface area contributed by atoms with Crippen LogP contribution in [0.2, 0.25) is 0 Å². The summed E-state index contributed by atoms with van der Waals surface area (Å²) in [7, 11) is 0. The molecule has 0 spiro atoms. The summed E-state index contributed by atoms with van der Waals surface area (Å²) in [5, 5.41) is 8.68. The number of fused-ring (bicyclic) bond motifs is 1. The summed E-state index contributed by atoms with van der Waals surface area (Å²) >= 11 is 0. The van der Waals surface area contributed by atoms with Gasteiger partial charge in [-0.25, -0.2) is 9.48 Å². The molecular formula is C15H22N6O2. The highest BCUT2D eigenvalue weighted by atomic mass is 16.2. The number of aromatic nitrogens is 5. The molecule has 1 aliphatic rings. The van der Waals surface area contributed by atoms with E-state index in [0.717, 1.165) is 17.8 Å². The second-order valence-electron chi connectivity index (χ2n) is 5.97. The molecule has 1 aliphatic heterocycles. The van der Waals surface area contributed by atoms with Crippen LogP contribution < -0.4 is 5.69 Å². The van der Waals surface area contributed by atoms with E-state index < -0.39 is 0 Å². The van der Waals surface area contributed by atoms with Crippen molar-refractivity contribution in [3.63, 3.8) is 0 Å². The monoisotopic (exact) mass is 318 g/mol. The van der Waals surface area contributed by atoms with Gasteiger partial charge in [0.15, 0.2) is 5.82 Å². The highest BCUT2D eigenvalue weighted by molar-refractivity contribution is 5.76. The van der Waals surface area contributed by atoms with E-state index in [1.165, 1.54) is 4.68 Å². The van der Waals surface area contributed by atoms with Gasteiger partial charge in [0, 0.05) is 25.3 Å². The average Bonchev–Trinajstić information content (AvgIpc) is 2.99. The second-order valence-corrected chi connectivity index (χ2v) is 5.97. The Morgan fingerprint density at radius 1 is 1.22 bits per heavy atom. The quantitative estimate of drug-likeness (QED) is 0.813. The van der Waals surface area contributed by atoms with E-state index in [4.69, 9.17) is 0 Å². The molecule has 0 aliphatic carbocycles. The van der Waals surface area contributed by atoms with Crippen LogP contribution in [0.25, 0.3) is 0 Å². The Morgan fingerprint density at radius 2 is 2.00 bits per heavy atom. The number of nitrogens with zero attached hydrogens (tertiary/aromatic N) is 6. The zero-order valence-electron chi connectivity index (χ0n) is 13.8. The fourth-order valence-corrected chi connectivity index (χ4v) is 2.93. The molecule has 0 fully saturated rings. The number of rotatable bonds is 4. The molecular weight excluding hydrogens is 296 g/mol. The smallest absolute Gasteiger partial charge is 0.332 e. The summed E-state index contributed by atoms with van der Waals surface area (Å²) in [6.07, 6.45) is 0.858. The topological polar surface area (TPSA) is 78.0 Å². The van der Waals surface area contributed by atoms with Gasteiger partial charge in [-0.3, -0.25) is 14.0 Å². The SMILES string of the molecule is CCCn1nc2n(c1=O)CCN(C(=O)Cn1nc(C)cc1C)C2. The van der Waals surface area contributed by atoms with Crippen LogP contribution in [0.1, 0.15) is 30.6 Å². The molecule has 0 bridgehead atoms. The summed E-state index contributed by atoms with van der Waals surface area (Å²) in [5.41, 5.74) is 1.80. The lowest BCUT2D eigenvalue weighted by molar-refractivity contribution is -0.133. The number of hydrogen-bond donors (Lipinski definition) is 0. The Balaban J connectivity index is 1.74. The van der Waals surface area contributed by atoms with Crippen molar-refractivity contribution in [1.29, 1.82) is 0 Å². The maximum atomic E-state index is 12.5. The molecule has 0 radical (unpaired) electrons. The third-order valence-corrected chi connectivity index (χ3v) is 4.10. The van der Waals surface area contributed by atoms with Gasteiger partial charge >= 0.3 is 5.69 Å². The van der Waals surface area contributed by atoms with Gasteiger partial charge in [0.05, 0.1) is 12.2 Å². The van der Waals surface area contributed by atoms with E-state index >= 15 is 0 Å². The van der Waals surface area contributed by atoms with Crippen molar-refractivity contribution in [2.75, 3.05) is 6.54 Å². The minimum atomic E-state index is -0.0764. The number of hydrogen-bond acceptors (Lipinski definition) is 4. The normalized spacial score (nSPS) is 14.1. The molecule has 2 aromatic rings. The fraction of sp³-hybridized carbons (Fsp3) is 0.600. The first-order chi connectivity index (χ1) is 11.0. The maximum Gasteiger partial charge on any atom is 0.346 e. The van der Waals surface area contributed by atoms with Crippen molar-refractivity contribution < 1.29 is 4.79 Å². The van der Waals surface area contributed by atoms with Gasteiger partial charge in [0.1, 0.15) is 6.54 Å². The van der Waals surface area contributed by atoms with Gasteiger partial charge in [0.2, 0.25) is 5.91 Å². The molecule has 0 saturated heterocycles. The fourth-order valence-electron chi connectivity index (χ4n) is 2.93. The highest BCUT2D eigenvalue weighted by Crippen LogP contribution is 2.10. The van der Waals surface area contributed by atoms with Crippen LogP contribution in [-0.2, 0) is 31.0 Å². The lowest BCUT2D eigenvalue weighted by Gasteiger charge is -2.26. The zero-order chi connectivity index (χ0) is 16.6. The second kappa shape index (κ2) is 6.02. The molecule has 124 valence electrons. The summed E-state index contributed by atoms with van der Waals surface area (Å²) in [5.74, 6) is 0.663. The maximum absolute atomic E-state index is 12.5. The van der Waals surface area contributed by atoms with Crippen LogP contribution >= 0.6 is 0 Å². The standard InChI is InChI=1S/C15H22N6O2/c1-4-5-20-15(23)19-7-6-18(9-13(19)17-20)14(22)10-21-12(3)8-11(2)16-21/h8H,4-7,9-10H2,1-3H3. The number of amides is 1. The van der Waals surface area contributed by atoms with Crippen molar-refractivity contribution in [2.45, 2.75) is 53.4 Å². The van der Waals surface area contributed by atoms with Gasteiger partial charge in [-0.15, -0.1) is 0 Å². The van der Waals surface area contributed by atoms with Gasteiger partial charge in [0.25, 0.3) is 0 Å². The van der Waals surface area contributed by atoms with E-state index in [9.17, 15) is 9.59 Å². The number of aryl methyl sites for hydroxylation is 3. The Bertz CT molecular complexity index is 784. The van der Waals surface area contributed by atoms with Crippen molar-refractivity contribution in [1.82, 2.24) is 29.0 Å². The van der Waals surface area contributed by atoms with Gasteiger partial charge in [-0.05, 0) is 26.3 Å². The number of carbonyl (C=O) groups excluding carboxylic acids is 1. The first kappa shape index (κ1) is 15.5. The molecule has 0 unspecified atom stereocenters. The molecule has 3 heterocycles. The summed E-state index contributed by atoms with van der Waals surface area (Å²) in [6.45, 7) is 8.10. The van der Waals surface area contributed by atoms with Gasteiger partial charge in [-0.2, -0.15) is 10.2 Å². The van der Waals surface area contributed by atoms with E-state index in [0.29, 0.717) is 32.0 Å². The van der Waals surface area contributed by atoms with Gasteiger partial charge in [-0.1, -0.05) is 6.92 Å². The lowest BCUT2D eigenvalue weighted by atomic mass is 10.3. The zero-order valence-corrected chi connectivity index (χ0v) is 13.8. The van der Waals surface area contributed by atoms with Crippen molar-refractivity contribution in [2.24, 2.45) is 0 Å². The molecule has 0 atom stereocenters. The Kier molecular flexibility index (Phi) is 4.06. The molecule has 0 N–H and O–H groups in total. The molecule has 3 rings (SSSR count).